The molecule has 0 amide bonds. The van der Waals surface area contributed by atoms with E-state index in [0.717, 1.165) is 26.1 Å². The van der Waals surface area contributed by atoms with Gasteiger partial charge in [-0.1, -0.05) is 32.6 Å². The number of hydrogen-bond acceptors (Lipinski definition) is 3. The van der Waals surface area contributed by atoms with Crippen molar-refractivity contribution in [1.82, 2.24) is 4.90 Å². The van der Waals surface area contributed by atoms with Crippen LogP contribution in [-0.2, 0) is 4.74 Å². The molecule has 0 saturated carbocycles. The SMILES string of the molecule is CCCCCCC(N)C1CN(C(C)C)CCO1. The molecule has 2 atom stereocenters. The number of ether oxygens (including phenoxy) is 1. The number of hydrogen-bond donors (Lipinski definition) is 1. The number of unbranched alkanes of at least 4 members (excludes halogenated alkanes) is 3. The summed E-state index contributed by atoms with van der Waals surface area (Å²) in [6.45, 7) is 9.63. The van der Waals surface area contributed by atoms with Crippen LogP contribution in [0.3, 0.4) is 0 Å². The lowest BCUT2D eigenvalue weighted by molar-refractivity contribution is -0.0509. The Morgan fingerprint density at radius 1 is 1.29 bits per heavy atom. The molecule has 0 spiro atoms. The minimum atomic E-state index is 0.216. The number of rotatable bonds is 7. The van der Waals surface area contributed by atoms with Crippen molar-refractivity contribution in [2.24, 2.45) is 5.73 Å². The molecular weight excluding hydrogens is 212 g/mol. The molecule has 1 fully saturated rings. The van der Waals surface area contributed by atoms with Gasteiger partial charge >= 0.3 is 0 Å². The highest BCUT2D eigenvalue weighted by Gasteiger charge is 2.26. The molecule has 0 radical (unpaired) electrons. The van der Waals surface area contributed by atoms with Crippen LogP contribution in [0.5, 0.6) is 0 Å². The van der Waals surface area contributed by atoms with Crippen molar-refractivity contribution in [2.45, 2.75) is 71.1 Å². The van der Waals surface area contributed by atoms with Gasteiger partial charge in [-0.15, -0.1) is 0 Å². The van der Waals surface area contributed by atoms with Gasteiger partial charge in [0.2, 0.25) is 0 Å². The van der Waals surface area contributed by atoms with Crippen LogP contribution in [0.4, 0.5) is 0 Å². The molecule has 102 valence electrons. The predicted octanol–water partition coefficient (Wildman–Crippen LogP) is 2.39. The lowest BCUT2D eigenvalue weighted by Gasteiger charge is -2.37. The molecule has 0 aliphatic carbocycles. The Labute approximate surface area is 107 Å². The van der Waals surface area contributed by atoms with Crippen LogP contribution in [0.2, 0.25) is 0 Å². The Morgan fingerprint density at radius 3 is 2.71 bits per heavy atom. The Bertz CT molecular complexity index is 197. The maximum absolute atomic E-state index is 6.24. The second-order valence-electron chi connectivity index (χ2n) is 5.51. The molecule has 1 saturated heterocycles. The van der Waals surface area contributed by atoms with Crippen LogP contribution in [0.1, 0.15) is 52.9 Å². The van der Waals surface area contributed by atoms with Gasteiger partial charge in [-0.2, -0.15) is 0 Å². The second kappa shape index (κ2) is 8.06. The molecule has 2 N–H and O–H groups in total. The van der Waals surface area contributed by atoms with Crippen LogP contribution in [0, 0.1) is 0 Å². The van der Waals surface area contributed by atoms with E-state index in [0.29, 0.717) is 6.04 Å². The van der Waals surface area contributed by atoms with Gasteiger partial charge in [0.25, 0.3) is 0 Å². The number of nitrogens with two attached hydrogens (primary N) is 1. The minimum Gasteiger partial charge on any atom is -0.374 e. The molecule has 1 heterocycles. The monoisotopic (exact) mass is 242 g/mol. The molecule has 0 aromatic rings. The summed E-state index contributed by atoms with van der Waals surface area (Å²) in [5.41, 5.74) is 6.24. The third kappa shape index (κ3) is 5.36. The van der Waals surface area contributed by atoms with E-state index in [1.807, 2.05) is 0 Å². The van der Waals surface area contributed by atoms with Crippen molar-refractivity contribution in [1.29, 1.82) is 0 Å². The third-order valence-electron chi connectivity index (χ3n) is 3.72. The van der Waals surface area contributed by atoms with Gasteiger partial charge in [-0.05, 0) is 20.3 Å². The average Bonchev–Trinajstić information content (AvgIpc) is 2.34. The first-order valence-electron chi connectivity index (χ1n) is 7.26. The fraction of sp³-hybridized carbons (Fsp3) is 1.00. The van der Waals surface area contributed by atoms with E-state index in [2.05, 4.69) is 25.7 Å². The van der Waals surface area contributed by atoms with Gasteiger partial charge in [-0.3, -0.25) is 4.90 Å². The molecule has 1 aliphatic rings. The van der Waals surface area contributed by atoms with E-state index < -0.39 is 0 Å². The lowest BCUT2D eigenvalue weighted by atomic mass is 10.0. The van der Waals surface area contributed by atoms with E-state index in [-0.39, 0.29) is 12.1 Å². The van der Waals surface area contributed by atoms with Crippen molar-refractivity contribution < 1.29 is 4.74 Å². The number of nitrogens with zero attached hydrogens (tertiary/aromatic N) is 1. The van der Waals surface area contributed by atoms with Gasteiger partial charge in [-0.25, -0.2) is 0 Å². The van der Waals surface area contributed by atoms with E-state index >= 15 is 0 Å². The average molecular weight is 242 g/mol. The van der Waals surface area contributed by atoms with Crippen molar-refractivity contribution in [2.75, 3.05) is 19.7 Å². The molecule has 0 aromatic carbocycles. The first kappa shape index (κ1) is 14.9. The summed E-state index contributed by atoms with van der Waals surface area (Å²) in [5, 5.41) is 0. The molecule has 3 heteroatoms. The summed E-state index contributed by atoms with van der Waals surface area (Å²) >= 11 is 0. The van der Waals surface area contributed by atoms with Crippen molar-refractivity contribution in [3.8, 4) is 0 Å². The van der Waals surface area contributed by atoms with Gasteiger partial charge in [0.15, 0.2) is 0 Å². The summed E-state index contributed by atoms with van der Waals surface area (Å²) in [4.78, 5) is 2.47. The van der Waals surface area contributed by atoms with Gasteiger partial charge in [0.1, 0.15) is 0 Å². The molecule has 1 aliphatic heterocycles. The maximum Gasteiger partial charge on any atom is 0.0853 e. The topological polar surface area (TPSA) is 38.5 Å². The zero-order chi connectivity index (χ0) is 12.7. The standard InChI is InChI=1S/C14H30N2O/c1-4-5-6-7-8-13(15)14-11-16(12(2)3)9-10-17-14/h12-14H,4-11,15H2,1-3H3. The van der Waals surface area contributed by atoms with E-state index in [9.17, 15) is 0 Å². The predicted molar refractivity (Wildman–Crippen MR) is 73.2 cm³/mol. The van der Waals surface area contributed by atoms with E-state index in [4.69, 9.17) is 10.5 Å². The van der Waals surface area contributed by atoms with Crippen LogP contribution in [-0.4, -0.2) is 42.8 Å². The zero-order valence-corrected chi connectivity index (χ0v) is 11.8. The van der Waals surface area contributed by atoms with Gasteiger partial charge in [0, 0.05) is 25.2 Å². The van der Waals surface area contributed by atoms with Crippen LogP contribution in [0.25, 0.3) is 0 Å². The fourth-order valence-electron chi connectivity index (χ4n) is 2.42. The number of morpholine rings is 1. The molecular formula is C14H30N2O. The van der Waals surface area contributed by atoms with Crippen molar-refractivity contribution in [3.05, 3.63) is 0 Å². The Hall–Kier alpha value is -0.120. The summed E-state index contributed by atoms with van der Waals surface area (Å²) in [7, 11) is 0. The summed E-state index contributed by atoms with van der Waals surface area (Å²) in [6.07, 6.45) is 6.53. The first-order valence-corrected chi connectivity index (χ1v) is 7.26. The highest BCUT2D eigenvalue weighted by Crippen LogP contribution is 2.14. The highest BCUT2D eigenvalue weighted by atomic mass is 16.5. The van der Waals surface area contributed by atoms with E-state index in [1.165, 1.54) is 25.7 Å². The molecule has 0 aromatic heterocycles. The highest BCUT2D eigenvalue weighted by molar-refractivity contribution is 4.81. The molecule has 1 rings (SSSR count). The van der Waals surface area contributed by atoms with E-state index in [1.54, 1.807) is 0 Å². The third-order valence-corrected chi connectivity index (χ3v) is 3.72. The second-order valence-corrected chi connectivity index (χ2v) is 5.51. The smallest absolute Gasteiger partial charge is 0.0853 e. The van der Waals surface area contributed by atoms with Crippen molar-refractivity contribution >= 4 is 0 Å². The van der Waals surface area contributed by atoms with Crippen molar-refractivity contribution in [3.63, 3.8) is 0 Å². The summed E-state index contributed by atoms with van der Waals surface area (Å²) in [6, 6.07) is 0.821. The fourth-order valence-corrected chi connectivity index (χ4v) is 2.42. The van der Waals surface area contributed by atoms with Gasteiger partial charge in [0.05, 0.1) is 12.7 Å². The minimum absolute atomic E-state index is 0.216. The Balaban J connectivity index is 2.23. The maximum atomic E-state index is 6.24. The molecule has 3 nitrogen and oxygen atoms in total. The lowest BCUT2D eigenvalue weighted by Crippen LogP contribution is -2.52. The van der Waals surface area contributed by atoms with Crippen LogP contribution < -0.4 is 5.73 Å². The first-order chi connectivity index (χ1) is 8.15. The largest absolute Gasteiger partial charge is 0.374 e. The summed E-state index contributed by atoms with van der Waals surface area (Å²) in [5.74, 6) is 0. The summed E-state index contributed by atoms with van der Waals surface area (Å²) < 4.78 is 5.81. The Kier molecular flexibility index (Phi) is 7.09. The van der Waals surface area contributed by atoms with Crippen LogP contribution >= 0.6 is 0 Å². The molecule has 2 unspecified atom stereocenters. The normalized spacial score (nSPS) is 24.2. The zero-order valence-electron chi connectivity index (χ0n) is 11.8. The quantitative estimate of drug-likeness (QED) is 0.697. The van der Waals surface area contributed by atoms with Crippen LogP contribution in [0.15, 0.2) is 0 Å². The Morgan fingerprint density at radius 2 is 2.06 bits per heavy atom. The molecule has 0 bridgehead atoms. The molecule has 17 heavy (non-hydrogen) atoms. The van der Waals surface area contributed by atoms with Gasteiger partial charge < -0.3 is 10.5 Å².